The van der Waals surface area contributed by atoms with Crippen molar-refractivity contribution in [3.8, 4) is 5.75 Å². The molecule has 0 aromatic heterocycles. The van der Waals surface area contributed by atoms with Gasteiger partial charge in [-0.05, 0) is 64.0 Å². The number of rotatable bonds is 8. The van der Waals surface area contributed by atoms with Crippen LogP contribution >= 0.6 is 0 Å². The van der Waals surface area contributed by atoms with Crippen molar-refractivity contribution in [1.82, 2.24) is 9.80 Å². The van der Waals surface area contributed by atoms with Crippen LogP contribution in [0.25, 0.3) is 0 Å². The van der Waals surface area contributed by atoms with Gasteiger partial charge in [0.05, 0.1) is 16.5 Å². The molecule has 0 radical (unpaired) electrons. The number of likely N-dealkylation sites (tertiary alicyclic amines) is 2. The van der Waals surface area contributed by atoms with E-state index in [-0.39, 0.29) is 32.0 Å². The van der Waals surface area contributed by atoms with Crippen molar-refractivity contribution in [3.63, 3.8) is 0 Å². The molecule has 0 bridgehead atoms. The summed E-state index contributed by atoms with van der Waals surface area (Å²) in [5.41, 5.74) is 10.8. The molecule has 12 nitrogen and oxygen atoms in total. The lowest BCUT2D eigenvalue weighted by Gasteiger charge is -2.26. The maximum atomic E-state index is 12.6. The number of nitrogens with zero attached hydrogens (tertiary/aromatic N) is 4. The number of halogens is 1. The fourth-order valence-electron chi connectivity index (χ4n) is 4.26. The minimum Gasteiger partial charge on any atom is -0.485 e. The number of hydrogen-bond donors (Lipinski definition) is 3. The van der Waals surface area contributed by atoms with E-state index in [0.717, 1.165) is 38.3 Å². The maximum absolute atomic E-state index is 12.6. The number of benzene rings is 2. The molecule has 41 heavy (non-hydrogen) atoms. The molecule has 2 aromatic carbocycles. The van der Waals surface area contributed by atoms with Crippen LogP contribution in [0.3, 0.4) is 0 Å². The number of nitrogens with two attached hydrogens (primary N) is 2. The number of hydrogen-bond acceptors (Lipinski definition) is 10. The van der Waals surface area contributed by atoms with Gasteiger partial charge >= 0.3 is 11.4 Å². The summed E-state index contributed by atoms with van der Waals surface area (Å²) in [6.45, 7) is 7.00. The van der Waals surface area contributed by atoms with Gasteiger partial charge in [0.25, 0.3) is 0 Å². The number of aliphatic hydroxyl groups is 1. The summed E-state index contributed by atoms with van der Waals surface area (Å²) in [7, 11) is 0. The van der Waals surface area contributed by atoms with Crippen LogP contribution in [0.15, 0.2) is 36.4 Å². The van der Waals surface area contributed by atoms with Crippen LogP contribution < -0.4 is 16.2 Å². The Kier molecular flexibility index (Phi) is 18.6. The first kappa shape index (κ1) is 37.5. The third kappa shape index (κ3) is 14.1. The van der Waals surface area contributed by atoms with Gasteiger partial charge in [-0.15, -0.1) is 0 Å². The number of ether oxygens (including phenoxy) is 1. The van der Waals surface area contributed by atoms with Crippen LogP contribution in [0, 0.1) is 26.0 Å². The van der Waals surface area contributed by atoms with Crippen LogP contribution in [0.4, 0.5) is 27.1 Å². The van der Waals surface area contributed by atoms with E-state index >= 15 is 0 Å². The molecular formula is C28H47FN6O6. The molecule has 0 aliphatic carbocycles. The molecule has 0 unspecified atom stereocenters. The molecule has 2 fully saturated rings. The number of anilines is 2. The first-order chi connectivity index (χ1) is 18.7. The van der Waals surface area contributed by atoms with Gasteiger partial charge in [0, 0.05) is 48.7 Å². The van der Waals surface area contributed by atoms with Crippen LogP contribution in [0.5, 0.6) is 5.75 Å². The van der Waals surface area contributed by atoms with Crippen LogP contribution in [0.2, 0.25) is 0 Å². The number of nitro benzene ring substituents is 2. The lowest BCUT2D eigenvalue weighted by molar-refractivity contribution is -0.387. The Bertz CT molecular complexity index is 1050. The normalized spacial score (nSPS) is 15.0. The van der Waals surface area contributed by atoms with Crippen molar-refractivity contribution in [2.75, 3.05) is 63.9 Å². The predicted octanol–water partition coefficient (Wildman–Crippen LogP) is 5.09. The lowest BCUT2D eigenvalue weighted by Crippen LogP contribution is -2.33. The highest BCUT2D eigenvalue weighted by Crippen LogP contribution is 2.29. The van der Waals surface area contributed by atoms with E-state index in [1.165, 1.54) is 75.9 Å². The van der Waals surface area contributed by atoms with Gasteiger partial charge in [0.1, 0.15) is 6.61 Å². The molecule has 0 spiro atoms. The Morgan fingerprint density at radius 2 is 1.24 bits per heavy atom. The Labute approximate surface area is 242 Å². The number of β-amino-alcohol motifs (C(OH)–C–C–N with tert-alkyl or cyclic N) is 1. The summed E-state index contributed by atoms with van der Waals surface area (Å²) in [5.74, 6) is -0.656. The summed E-state index contributed by atoms with van der Waals surface area (Å²) < 4.78 is 18.1. The summed E-state index contributed by atoms with van der Waals surface area (Å²) in [6, 6.07) is 7.62. The highest BCUT2D eigenvalue weighted by Gasteiger charge is 2.16. The Hall–Kier alpha value is -3.55. The minimum atomic E-state index is -0.907. The van der Waals surface area contributed by atoms with Gasteiger partial charge in [-0.25, -0.2) is 0 Å². The Morgan fingerprint density at radius 1 is 0.780 bits per heavy atom. The summed E-state index contributed by atoms with van der Waals surface area (Å²) in [5, 5.41) is 29.5. The van der Waals surface area contributed by atoms with Crippen molar-refractivity contribution in [1.29, 1.82) is 0 Å². The topological polar surface area (TPSA) is 174 Å². The van der Waals surface area contributed by atoms with E-state index in [9.17, 15) is 24.6 Å². The summed E-state index contributed by atoms with van der Waals surface area (Å²) in [4.78, 5) is 24.3. The maximum Gasteiger partial charge on any atom is 0.311 e. The molecule has 2 aliphatic heterocycles. The zero-order valence-corrected chi connectivity index (χ0v) is 22.2. The Morgan fingerprint density at radius 3 is 1.71 bits per heavy atom. The first-order valence-corrected chi connectivity index (χ1v) is 13.1. The molecule has 2 heterocycles. The average molecular weight is 583 g/mol. The fraction of sp³-hybridized carbons (Fsp3) is 0.571. The number of nitrogen functional groups attached to an aromatic ring is 2. The van der Waals surface area contributed by atoms with Crippen molar-refractivity contribution >= 4 is 22.7 Å². The zero-order chi connectivity index (χ0) is 28.6. The molecule has 2 saturated heterocycles. The molecule has 5 N–H and O–H groups in total. The van der Waals surface area contributed by atoms with E-state index in [0.29, 0.717) is 18.9 Å². The smallest absolute Gasteiger partial charge is 0.311 e. The zero-order valence-electron chi connectivity index (χ0n) is 22.2. The van der Waals surface area contributed by atoms with Gasteiger partial charge in [-0.2, -0.15) is 4.39 Å². The average Bonchev–Trinajstić information content (AvgIpc) is 2.90. The summed E-state index contributed by atoms with van der Waals surface area (Å²) >= 11 is 0. The van der Waals surface area contributed by atoms with Gasteiger partial charge in [0.2, 0.25) is 5.82 Å². The highest BCUT2D eigenvalue weighted by molar-refractivity contribution is 5.55. The molecular weight excluding hydrogens is 535 g/mol. The molecule has 0 atom stereocenters. The standard InChI is InChI=1S/C13H19N3O3.C7H15NO.C6H5FN2O2.2CH4/c14-11-4-5-12(16(17)18)13(10-11)19-9-8-15-6-2-1-3-7-15;9-7-6-8-4-2-1-3-5-8;7-5-3-4(8)1-2-6(5)9(10)11;;/h4-5,10H,1-3,6-9,14H2;9H,1-7H2;1-3H,8H2;2*1H4. The van der Waals surface area contributed by atoms with Crippen molar-refractivity contribution < 1.29 is 24.1 Å². The van der Waals surface area contributed by atoms with Crippen LogP contribution in [-0.2, 0) is 0 Å². The monoisotopic (exact) mass is 582 g/mol. The lowest BCUT2D eigenvalue weighted by atomic mass is 10.1. The second-order valence-corrected chi connectivity index (χ2v) is 9.33. The van der Waals surface area contributed by atoms with Gasteiger partial charge < -0.3 is 26.2 Å². The number of piperidine rings is 2. The van der Waals surface area contributed by atoms with Crippen molar-refractivity contribution in [3.05, 3.63) is 62.4 Å². The number of aliphatic hydroxyl groups excluding tert-OH is 1. The van der Waals surface area contributed by atoms with E-state index in [1.54, 1.807) is 0 Å². The third-order valence-electron chi connectivity index (χ3n) is 6.33. The third-order valence-corrected chi connectivity index (χ3v) is 6.33. The molecule has 2 aliphatic rings. The van der Waals surface area contributed by atoms with E-state index in [4.69, 9.17) is 21.3 Å². The molecule has 4 rings (SSSR count). The molecule has 2 aromatic rings. The molecule has 13 heteroatoms. The predicted molar refractivity (Wildman–Crippen MR) is 162 cm³/mol. The molecule has 0 amide bonds. The van der Waals surface area contributed by atoms with Crippen molar-refractivity contribution in [2.24, 2.45) is 0 Å². The van der Waals surface area contributed by atoms with Gasteiger partial charge in [-0.1, -0.05) is 27.7 Å². The summed E-state index contributed by atoms with van der Waals surface area (Å²) in [6.07, 6.45) is 7.75. The molecule has 0 saturated carbocycles. The van der Waals surface area contributed by atoms with Crippen LogP contribution in [-0.4, -0.2) is 77.2 Å². The largest absolute Gasteiger partial charge is 0.485 e. The van der Waals surface area contributed by atoms with E-state index in [2.05, 4.69) is 9.80 Å². The van der Waals surface area contributed by atoms with Gasteiger partial charge in [0.15, 0.2) is 5.75 Å². The van der Waals surface area contributed by atoms with Gasteiger partial charge in [-0.3, -0.25) is 25.1 Å². The number of nitro groups is 2. The second-order valence-electron chi connectivity index (χ2n) is 9.33. The minimum absolute atomic E-state index is 0. The highest BCUT2D eigenvalue weighted by atomic mass is 19.1. The van der Waals surface area contributed by atoms with Crippen molar-refractivity contribution in [2.45, 2.75) is 53.4 Å². The first-order valence-electron chi connectivity index (χ1n) is 13.1. The van der Waals surface area contributed by atoms with Crippen LogP contribution in [0.1, 0.15) is 53.4 Å². The Balaban J connectivity index is 0.000000623. The molecule has 232 valence electrons. The van der Waals surface area contributed by atoms with E-state index < -0.39 is 21.4 Å². The van der Waals surface area contributed by atoms with E-state index in [1.807, 2.05) is 0 Å². The second kappa shape index (κ2) is 20.3. The fourth-order valence-corrected chi connectivity index (χ4v) is 4.26. The SMILES string of the molecule is C.C.Nc1ccc([N+](=O)[O-])c(F)c1.Nc1ccc([N+](=O)[O-])c(OCCN2CCCCC2)c1.OCCN1CCCCC1. The quantitative estimate of drug-likeness (QED) is 0.216.